The van der Waals surface area contributed by atoms with E-state index in [9.17, 15) is 4.79 Å². The molecule has 13 heavy (non-hydrogen) atoms. The van der Waals surface area contributed by atoms with Crippen molar-refractivity contribution in [1.29, 1.82) is 5.26 Å². The van der Waals surface area contributed by atoms with Gasteiger partial charge in [0.15, 0.2) is 0 Å². The van der Waals surface area contributed by atoms with Crippen LogP contribution in [0.3, 0.4) is 0 Å². The van der Waals surface area contributed by atoms with E-state index in [-0.39, 0.29) is 5.92 Å². The van der Waals surface area contributed by atoms with E-state index in [1.54, 1.807) is 0 Å². The molecule has 1 rings (SSSR count). The van der Waals surface area contributed by atoms with Crippen molar-refractivity contribution in [3.63, 3.8) is 0 Å². The van der Waals surface area contributed by atoms with Gasteiger partial charge in [0.25, 0.3) is 0 Å². The Bertz CT molecular complexity index is 238. The Balaban J connectivity index is 2.41. The highest BCUT2D eigenvalue weighted by Gasteiger charge is 2.47. The Morgan fingerprint density at radius 1 is 1.77 bits per heavy atom. The molecule has 4 heteroatoms. The number of carboxylic acids is 1. The van der Waals surface area contributed by atoms with Crippen molar-refractivity contribution in [2.24, 2.45) is 5.92 Å². The van der Waals surface area contributed by atoms with Crippen LogP contribution >= 0.6 is 0 Å². The van der Waals surface area contributed by atoms with Crippen LogP contribution in [0.1, 0.15) is 26.2 Å². The van der Waals surface area contributed by atoms with Gasteiger partial charge in [-0.25, -0.2) is 0 Å². The number of carboxylic acid groups (broad SMARTS) is 1. The molecule has 0 aromatic rings. The fourth-order valence-electron chi connectivity index (χ4n) is 1.60. The maximum absolute atomic E-state index is 10.5. The zero-order valence-corrected chi connectivity index (χ0v) is 7.71. The smallest absolute Gasteiger partial charge is 0.306 e. The predicted octanol–water partition coefficient (Wildman–Crippen LogP) is 0.743. The van der Waals surface area contributed by atoms with Gasteiger partial charge in [0.05, 0.1) is 12.0 Å². The van der Waals surface area contributed by atoms with E-state index in [1.807, 2.05) is 6.92 Å². The normalized spacial score (nSPS) is 31.8. The lowest BCUT2D eigenvalue weighted by atomic mass is 9.69. The summed E-state index contributed by atoms with van der Waals surface area (Å²) in [6.45, 7) is 2.80. The second-order valence-corrected chi connectivity index (χ2v) is 3.56. The van der Waals surface area contributed by atoms with Crippen LogP contribution in [-0.2, 0) is 4.79 Å². The Kier molecular flexibility index (Phi) is 2.89. The van der Waals surface area contributed by atoms with E-state index >= 15 is 0 Å². The monoisotopic (exact) mass is 182 g/mol. The lowest BCUT2D eigenvalue weighted by Crippen LogP contribution is -2.56. The average molecular weight is 182 g/mol. The molecule has 0 saturated heterocycles. The van der Waals surface area contributed by atoms with Crippen molar-refractivity contribution in [3.05, 3.63) is 0 Å². The van der Waals surface area contributed by atoms with Crippen molar-refractivity contribution < 1.29 is 9.90 Å². The molecule has 1 fully saturated rings. The Morgan fingerprint density at radius 3 is 2.77 bits per heavy atom. The van der Waals surface area contributed by atoms with E-state index in [2.05, 4.69) is 11.4 Å². The van der Waals surface area contributed by atoms with Crippen molar-refractivity contribution in [1.82, 2.24) is 5.32 Å². The molecule has 4 nitrogen and oxygen atoms in total. The molecule has 1 saturated carbocycles. The minimum absolute atomic E-state index is 0.330. The molecule has 0 radical (unpaired) electrons. The third-order valence-electron chi connectivity index (χ3n) is 2.47. The number of aliphatic carboxylic acids is 1. The number of hydrogen-bond acceptors (Lipinski definition) is 3. The minimum Gasteiger partial charge on any atom is -0.481 e. The first-order valence-corrected chi connectivity index (χ1v) is 4.52. The lowest BCUT2D eigenvalue weighted by molar-refractivity contribution is -0.146. The summed E-state index contributed by atoms with van der Waals surface area (Å²) < 4.78 is 0. The molecule has 0 bridgehead atoms. The highest BCUT2D eigenvalue weighted by atomic mass is 16.4. The molecule has 1 aliphatic rings. The Morgan fingerprint density at radius 2 is 2.38 bits per heavy atom. The fourth-order valence-corrected chi connectivity index (χ4v) is 1.60. The summed E-state index contributed by atoms with van der Waals surface area (Å²) in [5, 5.41) is 20.6. The number of nitriles is 1. The van der Waals surface area contributed by atoms with Gasteiger partial charge in [-0.05, 0) is 25.8 Å². The van der Waals surface area contributed by atoms with Crippen LogP contribution in [0.15, 0.2) is 0 Å². The van der Waals surface area contributed by atoms with Crippen LogP contribution in [0.25, 0.3) is 0 Å². The van der Waals surface area contributed by atoms with Crippen LogP contribution < -0.4 is 5.32 Å². The standard InChI is InChI=1S/C9H14N2O2/c1-2-3-11-9(6-10)4-7(5-9)8(12)13/h7,11H,2-5H2,1H3,(H,12,13). The molecular weight excluding hydrogens is 168 g/mol. The molecule has 0 aromatic heterocycles. The molecule has 72 valence electrons. The van der Waals surface area contributed by atoms with E-state index in [0.29, 0.717) is 12.8 Å². The van der Waals surface area contributed by atoms with Crippen LogP contribution in [0, 0.1) is 17.2 Å². The molecule has 2 N–H and O–H groups in total. The summed E-state index contributed by atoms with van der Waals surface area (Å²) >= 11 is 0. The number of carbonyl (C=O) groups is 1. The molecule has 0 heterocycles. The average Bonchev–Trinajstić information content (AvgIpc) is 2.03. The number of nitrogens with zero attached hydrogens (tertiary/aromatic N) is 1. The van der Waals surface area contributed by atoms with Crippen LogP contribution in [-0.4, -0.2) is 23.2 Å². The van der Waals surface area contributed by atoms with Gasteiger partial charge in [0.1, 0.15) is 5.54 Å². The summed E-state index contributed by atoms with van der Waals surface area (Å²) in [5.74, 6) is -1.12. The minimum atomic E-state index is -0.788. The third-order valence-corrected chi connectivity index (χ3v) is 2.47. The maximum Gasteiger partial charge on any atom is 0.306 e. The van der Waals surface area contributed by atoms with Gasteiger partial charge in [-0.15, -0.1) is 0 Å². The zero-order chi connectivity index (χ0) is 9.90. The van der Waals surface area contributed by atoms with Crippen molar-refractivity contribution in [2.45, 2.75) is 31.7 Å². The Hall–Kier alpha value is -1.08. The van der Waals surface area contributed by atoms with E-state index in [1.165, 1.54) is 0 Å². The molecule has 0 aromatic carbocycles. The maximum atomic E-state index is 10.5. The number of hydrogen-bond donors (Lipinski definition) is 2. The molecular formula is C9H14N2O2. The van der Waals surface area contributed by atoms with Crippen molar-refractivity contribution in [2.75, 3.05) is 6.54 Å². The second-order valence-electron chi connectivity index (χ2n) is 3.56. The summed E-state index contributed by atoms with van der Waals surface area (Å²) in [4.78, 5) is 10.5. The first-order valence-electron chi connectivity index (χ1n) is 4.52. The Labute approximate surface area is 77.6 Å². The SMILES string of the molecule is CCCNC1(C#N)CC(C(=O)O)C1. The molecule has 0 amide bonds. The predicted molar refractivity (Wildman–Crippen MR) is 47.0 cm³/mol. The zero-order valence-electron chi connectivity index (χ0n) is 7.71. The van der Waals surface area contributed by atoms with Gasteiger partial charge in [-0.3, -0.25) is 10.1 Å². The van der Waals surface area contributed by atoms with E-state index in [0.717, 1.165) is 13.0 Å². The number of rotatable bonds is 4. The van der Waals surface area contributed by atoms with Gasteiger partial charge in [-0.2, -0.15) is 5.26 Å². The summed E-state index contributed by atoms with van der Waals surface area (Å²) in [5.41, 5.74) is -0.556. The summed E-state index contributed by atoms with van der Waals surface area (Å²) in [7, 11) is 0. The molecule has 0 spiro atoms. The van der Waals surface area contributed by atoms with E-state index in [4.69, 9.17) is 10.4 Å². The van der Waals surface area contributed by atoms with Crippen LogP contribution in [0.5, 0.6) is 0 Å². The first kappa shape index (κ1) is 10.0. The van der Waals surface area contributed by atoms with E-state index < -0.39 is 11.5 Å². The highest BCUT2D eigenvalue weighted by Crippen LogP contribution is 2.37. The first-order chi connectivity index (χ1) is 6.13. The molecule has 0 atom stereocenters. The molecule has 0 unspecified atom stereocenters. The summed E-state index contributed by atoms with van der Waals surface area (Å²) in [6.07, 6.45) is 1.85. The topological polar surface area (TPSA) is 73.1 Å². The quantitative estimate of drug-likeness (QED) is 0.672. The lowest BCUT2D eigenvalue weighted by Gasteiger charge is -2.40. The van der Waals surface area contributed by atoms with Crippen molar-refractivity contribution >= 4 is 5.97 Å². The molecule has 0 aliphatic heterocycles. The van der Waals surface area contributed by atoms with Gasteiger partial charge in [-0.1, -0.05) is 6.92 Å². The summed E-state index contributed by atoms with van der Waals surface area (Å²) in [6, 6.07) is 2.16. The third kappa shape index (κ3) is 1.99. The van der Waals surface area contributed by atoms with Gasteiger partial charge in [0.2, 0.25) is 0 Å². The van der Waals surface area contributed by atoms with Crippen LogP contribution in [0.2, 0.25) is 0 Å². The van der Waals surface area contributed by atoms with Crippen molar-refractivity contribution in [3.8, 4) is 6.07 Å². The second kappa shape index (κ2) is 3.75. The molecule has 1 aliphatic carbocycles. The van der Waals surface area contributed by atoms with Crippen LogP contribution in [0.4, 0.5) is 0 Å². The van der Waals surface area contributed by atoms with Gasteiger partial charge < -0.3 is 5.11 Å². The number of nitrogens with one attached hydrogen (secondary N) is 1. The van der Waals surface area contributed by atoms with Gasteiger partial charge in [0, 0.05) is 0 Å². The van der Waals surface area contributed by atoms with Gasteiger partial charge >= 0.3 is 5.97 Å². The largest absolute Gasteiger partial charge is 0.481 e. The highest BCUT2D eigenvalue weighted by molar-refractivity contribution is 5.72. The fraction of sp³-hybridized carbons (Fsp3) is 0.778.